The predicted octanol–water partition coefficient (Wildman–Crippen LogP) is 3.13. The van der Waals surface area contributed by atoms with E-state index in [1.54, 1.807) is 13.0 Å². The Morgan fingerprint density at radius 2 is 2.19 bits per heavy atom. The molecule has 0 spiro atoms. The van der Waals surface area contributed by atoms with Gasteiger partial charge in [0.15, 0.2) is 0 Å². The van der Waals surface area contributed by atoms with E-state index in [0.717, 1.165) is 5.56 Å². The standard InChI is InChI=1S/C11H10Cl2FNO/c1-6-2-3-8(14)11(10(6)13)15-5-7(12)4-9(15)16/h2-3,7H,4-5H2,1H3. The van der Waals surface area contributed by atoms with Gasteiger partial charge in [0.25, 0.3) is 0 Å². The van der Waals surface area contributed by atoms with Gasteiger partial charge in [-0.25, -0.2) is 4.39 Å². The van der Waals surface area contributed by atoms with Crippen LogP contribution in [-0.4, -0.2) is 17.8 Å². The van der Waals surface area contributed by atoms with Crippen LogP contribution in [0.5, 0.6) is 0 Å². The van der Waals surface area contributed by atoms with Crippen molar-refractivity contribution in [3.05, 3.63) is 28.5 Å². The number of nitrogens with zero attached hydrogens (tertiary/aromatic N) is 1. The predicted molar refractivity (Wildman–Crippen MR) is 62.8 cm³/mol. The number of amides is 1. The molecule has 0 aliphatic carbocycles. The molecule has 86 valence electrons. The molecule has 1 aromatic rings. The lowest BCUT2D eigenvalue weighted by Gasteiger charge is -2.19. The zero-order valence-electron chi connectivity index (χ0n) is 8.64. The Labute approximate surface area is 103 Å². The van der Waals surface area contributed by atoms with Crippen LogP contribution < -0.4 is 4.90 Å². The molecular formula is C11H10Cl2FNO. The fourth-order valence-electron chi connectivity index (χ4n) is 1.77. The number of carbonyl (C=O) groups excluding carboxylic acids is 1. The van der Waals surface area contributed by atoms with Crippen molar-refractivity contribution in [3.63, 3.8) is 0 Å². The second-order valence-electron chi connectivity index (χ2n) is 3.83. The fraction of sp³-hybridized carbons (Fsp3) is 0.364. The SMILES string of the molecule is Cc1ccc(F)c(N2CC(Cl)CC2=O)c1Cl. The maximum Gasteiger partial charge on any atom is 0.228 e. The topological polar surface area (TPSA) is 20.3 Å². The lowest BCUT2D eigenvalue weighted by atomic mass is 10.2. The number of hydrogen-bond donors (Lipinski definition) is 0. The highest BCUT2D eigenvalue weighted by molar-refractivity contribution is 6.35. The summed E-state index contributed by atoms with van der Waals surface area (Å²) in [4.78, 5) is 12.9. The van der Waals surface area contributed by atoms with Gasteiger partial charge in [-0.2, -0.15) is 0 Å². The molecular weight excluding hydrogens is 252 g/mol. The summed E-state index contributed by atoms with van der Waals surface area (Å²) in [5.41, 5.74) is 0.888. The molecule has 1 saturated heterocycles. The lowest BCUT2D eigenvalue weighted by molar-refractivity contribution is -0.117. The average molecular weight is 262 g/mol. The van der Waals surface area contributed by atoms with Gasteiger partial charge in [0.05, 0.1) is 16.1 Å². The molecule has 1 aliphatic heterocycles. The van der Waals surface area contributed by atoms with E-state index in [-0.39, 0.29) is 28.4 Å². The minimum atomic E-state index is -0.491. The largest absolute Gasteiger partial charge is 0.307 e. The van der Waals surface area contributed by atoms with E-state index >= 15 is 0 Å². The first-order valence-corrected chi connectivity index (χ1v) is 5.71. The normalized spacial score (nSPS) is 20.6. The summed E-state index contributed by atoms with van der Waals surface area (Å²) in [7, 11) is 0. The minimum Gasteiger partial charge on any atom is -0.307 e. The van der Waals surface area contributed by atoms with Crippen LogP contribution >= 0.6 is 23.2 Å². The smallest absolute Gasteiger partial charge is 0.228 e. The van der Waals surface area contributed by atoms with Crippen LogP contribution in [0.2, 0.25) is 5.02 Å². The zero-order chi connectivity index (χ0) is 11.9. The van der Waals surface area contributed by atoms with E-state index in [1.807, 2.05) is 0 Å². The maximum absolute atomic E-state index is 13.7. The molecule has 0 N–H and O–H groups in total. The third kappa shape index (κ3) is 1.89. The van der Waals surface area contributed by atoms with E-state index in [4.69, 9.17) is 23.2 Å². The number of aryl methyl sites for hydroxylation is 1. The van der Waals surface area contributed by atoms with Crippen molar-refractivity contribution in [2.75, 3.05) is 11.4 Å². The van der Waals surface area contributed by atoms with Crippen LogP contribution in [-0.2, 0) is 4.79 Å². The van der Waals surface area contributed by atoms with E-state index in [9.17, 15) is 9.18 Å². The molecule has 1 fully saturated rings. The van der Waals surface area contributed by atoms with Crippen LogP contribution in [0.15, 0.2) is 12.1 Å². The molecule has 5 heteroatoms. The Kier molecular flexibility index (Phi) is 3.08. The first-order valence-electron chi connectivity index (χ1n) is 4.89. The van der Waals surface area contributed by atoms with Gasteiger partial charge >= 0.3 is 0 Å². The number of hydrogen-bond acceptors (Lipinski definition) is 1. The van der Waals surface area contributed by atoms with Gasteiger partial charge in [-0.1, -0.05) is 17.7 Å². The highest BCUT2D eigenvalue weighted by Gasteiger charge is 2.32. The van der Waals surface area contributed by atoms with Gasteiger partial charge in [-0.05, 0) is 18.6 Å². The van der Waals surface area contributed by atoms with Gasteiger partial charge in [-0.15, -0.1) is 11.6 Å². The third-order valence-corrected chi connectivity index (χ3v) is 3.38. The summed E-state index contributed by atoms with van der Waals surface area (Å²) < 4.78 is 13.7. The van der Waals surface area contributed by atoms with Crippen LogP contribution in [0, 0.1) is 12.7 Å². The van der Waals surface area contributed by atoms with Gasteiger partial charge in [0, 0.05) is 13.0 Å². The summed E-state index contributed by atoms with van der Waals surface area (Å²) in [6.07, 6.45) is 0.227. The lowest BCUT2D eigenvalue weighted by Crippen LogP contribution is -2.26. The van der Waals surface area contributed by atoms with Crippen molar-refractivity contribution < 1.29 is 9.18 Å². The van der Waals surface area contributed by atoms with Crippen molar-refractivity contribution in [2.24, 2.45) is 0 Å². The quantitative estimate of drug-likeness (QED) is 0.712. The molecule has 1 heterocycles. The molecule has 0 aromatic heterocycles. The van der Waals surface area contributed by atoms with Gasteiger partial charge < -0.3 is 4.90 Å². The molecule has 1 atom stereocenters. The molecule has 0 radical (unpaired) electrons. The average Bonchev–Trinajstić information content (AvgIpc) is 2.53. The molecule has 0 bridgehead atoms. The van der Waals surface area contributed by atoms with Crippen LogP contribution in [0.25, 0.3) is 0 Å². The van der Waals surface area contributed by atoms with Gasteiger partial charge in [-0.3, -0.25) is 4.79 Å². The molecule has 2 nitrogen and oxygen atoms in total. The minimum absolute atomic E-state index is 0.148. The number of carbonyl (C=O) groups is 1. The second kappa shape index (κ2) is 4.22. The third-order valence-electron chi connectivity index (χ3n) is 2.61. The van der Waals surface area contributed by atoms with Crippen LogP contribution in [0.3, 0.4) is 0 Å². The van der Waals surface area contributed by atoms with Crippen LogP contribution in [0.4, 0.5) is 10.1 Å². The van der Waals surface area contributed by atoms with E-state index in [0.29, 0.717) is 6.54 Å². The Hall–Kier alpha value is -0.800. The molecule has 1 aliphatic rings. The molecule has 16 heavy (non-hydrogen) atoms. The number of benzene rings is 1. The van der Waals surface area contributed by atoms with E-state index in [2.05, 4.69) is 0 Å². The highest BCUT2D eigenvalue weighted by Crippen LogP contribution is 2.35. The second-order valence-corrected chi connectivity index (χ2v) is 4.83. The number of halogens is 3. The monoisotopic (exact) mass is 261 g/mol. The Bertz CT molecular complexity index is 450. The summed E-state index contributed by atoms with van der Waals surface area (Å²) >= 11 is 11.9. The molecule has 0 saturated carbocycles. The summed E-state index contributed by atoms with van der Waals surface area (Å²) in [6, 6.07) is 2.89. The number of alkyl halides is 1. The number of rotatable bonds is 1. The molecule has 1 aromatic carbocycles. The first kappa shape index (κ1) is 11.7. The van der Waals surface area contributed by atoms with Crippen molar-refractivity contribution in [3.8, 4) is 0 Å². The van der Waals surface area contributed by atoms with Crippen molar-refractivity contribution >= 4 is 34.8 Å². The van der Waals surface area contributed by atoms with Crippen molar-refractivity contribution in [1.29, 1.82) is 0 Å². The van der Waals surface area contributed by atoms with E-state index in [1.165, 1.54) is 11.0 Å². The molecule has 2 rings (SSSR count). The highest BCUT2D eigenvalue weighted by atomic mass is 35.5. The Morgan fingerprint density at radius 1 is 1.50 bits per heavy atom. The van der Waals surface area contributed by atoms with Gasteiger partial charge in [0.1, 0.15) is 5.82 Å². The Morgan fingerprint density at radius 3 is 2.75 bits per heavy atom. The zero-order valence-corrected chi connectivity index (χ0v) is 10.1. The van der Waals surface area contributed by atoms with E-state index < -0.39 is 5.82 Å². The van der Waals surface area contributed by atoms with Crippen molar-refractivity contribution in [1.82, 2.24) is 0 Å². The molecule has 1 unspecified atom stereocenters. The summed E-state index contributed by atoms with van der Waals surface area (Å²) in [5.74, 6) is -0.680. The summed E-state index contributed by atoms with van der Waals surface area (Å²) in [6.45, 7) is 2.07. The first-order chi connectivity index (χ1) is 7.50. The molecule has 1 amide bonds. The maximum atomic E-state index is 13.7. The fourth-order valence-corrected chi connectivity index (χ4v) is 2.29. The van der Waals surface area contributed by atoms with Crippen molar-refractivity contribution in [2.45, 2.75) is 18.7 Å². The summed E-state index contributed by atoms with van der Waals surface area (Å²) in [5, 5.41) is 0.00240. The van der Waals surface area contributed by atoms with Crippen LogP contribution in [0.1, 0.15) is 12.0 Å². The Balaban J connectivity index is 2.48. The number of anilines is 1. The van der Waals surface area contributed by atoms with Gasteiger partial charge in [0.2, 0.25) is 5.91 Å².